The van der Waals surface area contributed by atoms with Gasteiger partial charge in [-0.15, -0.1) is 0 Å². The molecule has 1 unspecified atom stereocenters. The third-order valence-corrected chi connectivity index (χ3v) is 6.20. The molecule has 7 nitrogen and oxygen atoms in total. The molecule has 0 fully saturated rings. The Balaban J connectivity index is 2.10. The maximum absolute atomic E-state index is 13.8. The molecule has 0 radical (unpaired) electrons. The van der Waals surface area contributed by atoms with E-state index in [4.69, 9.17) is 9.15 Å². The third kappa shape index (κ3) is 4.51. The third-order valence-electron chi connectivity index (χ3n) is 6.20. The normalized spacial score (nSPS) is 12.8. The Morgan fingerprint density at radius 2 is 1.77 bits per heavy atom. The average molecular weight is 475 g/mol. The van der Waals surface area contributed by atoms with Gasteiger partial charge in [0, 0.05) is 22.5 Å². The van der Waals surface area contributed by atoms with E-state index in [9.17, 15) is 14.7 Å². The first-order valence-corrected chi connectivity index (χ1v) is 11.5. The smallest absolute Gasteiger partial charge is 0.339 e. The Labute approximate surface area is 204 Å². The van der Waals surface area contributed by atoms with Crippen LogP contribution in [-0.2, 0) is 9.53 Å². The van der Waals surface area contributed by atoms with E-state index in [1.165, 1.54) is 6.39 Å². The number of benzene rings is 2. The van der Waals surface area contributed by atoms with Crippen LogP contribution in [0, 0.1) is 27.7 Å². The Hall–Kier alpha value is -3.71. The number of fused-ring (bicyclic) bond motifs is 1. The number of pyridine rings is 1. The van der Waals surface area contributed by atoms with E-state index in [-0.39, 0.29) is 5.43 Å². The summed E-state index contributed by atoms with van der Waals surface area (Å²) in [5, 5.41) is 10.2. The average Bonchev–Trinajstić information content (AvgIpc) is 3.24. The Kier molecular flexibility index (Phi) is 6.15. The van der Waals surface area contributed by atoms with Gasteiger partial charge in [-0.05, 0) is 89.4 Å². The fraction of sp³-hybridized carbons (Fsp3) is 0.321. The highest BCUT2D eigenvalue weighted by Crippen LogP contribution is 2.34. The topological polar surface area (TPSA) is 94.6 Å². The molecular weight excluding hydrogens is 444 g/mol. The first-order valence-electron chi connectivity index (χ1n) is 11.5. The van der Waals surface area contributed by atoms with Crippen molar-refractivity contribution in [2.75, 3.05) is 0 Å². The van der Waals surface area contributed by atoms with Crippen LogP contribution in [0.3, 0.4) is 0 Å². The summed E-state index contributed by atoms with van der Waals surface area (Å²) in [6.07, 6.45) is 0.0263. The quantitative estimate of drug-likeness (QED) is 0.392. The van der Waals surface area contributed by atoms with E-state index >= 15 is 0 Å². The minimum Gasteiger partial charge on any atom is -0.479 e. The maximum Gasteiger partial charge on any atom is 0.339 e. The largest absolute Gasteiger partial charge is 0.479 e. The van der Waals surface area contributed by atoms with E-state index in [1.807, 2.05) is 49.6 Å². The SMILES string of the molecule is Cc1ccc(-n2c(C)c(-c3ccc4ncoc4c3)c(=O)c(C)c2C(OC(C)(C)C)C(=O)O)cc1C. The predicted molar refractivity (Wildman–Crippen MR) is 135 cm³/mol. The van der Waals surface area contributed by atoms with E-state index in [1.54, 1.807) is 39.8 Å². The zero-order valence-corrected chi connectivity index (χ0v) is 21.1. The first-order chi connectivity index (χ1) is 16.4. The van der Waals surface area contributed by atoms with Crippen molar-refractivity contribution in [1.29, 1.82) is 0 Å². The van der Waals surface area contributed by atoms with Gasteiger partial charge in [-0.25, -0.2) is 9.78 Å². The van der Waals surface area contributed by atoms with Gasteiger partial charge in [-0.3, -0.25) is 4.79 Å². The fourth-order valence-corrected chi connectivity index (χ4v) is 4.37. The number of carbonyl (C=O) groups is 1. The van der Waals surface area contributed by atoms with Gasteiger partial charge in [0.05, 0.1) is 11.3 Å². The Morgan fingerprint density at radius 1 is 1.06 bits per heavy atom. The molecule has 0 bridgehead atoms. The van der Waals surface area contributed by atoms with E-state index in [0.717, 1.165) is 16.8 Å². The lowest BCUT2D eigenvalue weighted by atomic mass is 9.96. The molecule has 2 aromatic heterocycles. The summed E-state index contributed by atoms with van der Waals surface area (Å²) in [4.78, 5) is 30.4. The van der Waals surface area contributed by atoms with Gasteiger partial charge in [0.15, 0.2) is 23.5 Å². The zero-order valence-electron chi connectivity index (χ0n) is 21.1. The van der Waals surface area contributed by atoms with Crippen LogP contribution in [0.25, 0.3) is 27.9 Å². The lowest BCUT2D eigenvalue weighted by Crippen LogP contribution is -2.33. The number of rotatable bonds is 5. The second kappa shape index (κ2) is 8.82. The molecule has 4 rings (SSSR count). The molecule has 0 saturated heterocycles. The van der Waals surface area contributed by atoms with E-state index in [0.29, 0.717) is 39.2 Å². The number of hydrogen-bond acceptors (Lipinski definition) is 5. The van der Waals surface area contributed by atoms with Gasteiger partial charge in [0.2, 0.25) is 0 Å². The van der Waals surface area contributed by atoms with Crippen molar-refractivity contribution in [1.82, 2.24) is 9.55 Å². The van der Waals surface area contributed by atoms with Gasteiger partial charge < -0.3 is 18.8 Å². The number of aliphatic carboxylic acids is 1. The van der Waals surface area contributed by atoms with Crippen molar-refractivity contribution in [3.05, 3.63) is 81.1 Å². The summed E-state index contributed by atoms with van der Waals surface area (Å²) in [7, 11) is 0. The monoisotopic (exact) mass is 474 g/mol. The standard InChI is InChI=1S/C28H30N2O5/c1-15-8-10-20(12-16(15)2)30-18(4)23(19-9-11-21-22(13-19)34-14-29-21)25(31)17(3)24(30)26(27(32)33)35-28(5,6)7/h8-14,26H,1-7H3,(H,32,33). The van der Waals surface area contributed by atoms with Crippen LogP contribution >= 0.6 is 0 Å². The van der Waals surface area contributed by atoms with Gasteiger partial charge in [0.1, 0.15) is 5.52 Å². The molecule has 0 amide bonds. The molecule has 2 heterocycles. The summed E-state index contributed by atoms with van der Waals surface area (Å²) in [5.74, 6) is -1.16. The molecule has 7 heteroatoms. The highest BCUT2D eigenvalue weighted by molar-refractivity contribution is 5.82. The molecule has 0 saturated carbocycles. The maximum atomic E-state index is 13.8. The summed E-state index contributed by atoms with van der Waals surface area (Å²) in [5.41, 5.74) is 5.58. The molecule has 1 atom stereocenters. The molecule has 182 valence electrons. The Bertz CT molecular complexity index is 1500. The highest BCUT2D eigenvalue weighted by atomic mass is 16.5. The number of hydrogen-bond donors (Lipinski definition) is 1. The van der Waals surface area contributed by atoms with Crippen LogP contribution in [0.4, 0.5) is 0 Å². The van der Waals surface area contributed by atoms with Crippen LogP contribution in [0.2, 0.25) is 0 Å². The van der Waals surface area contributed by atoms with Gasteiger partial charge in [0.25, 0.3) is 0 Å². The molecule has 2 aromatic carbocycles. The van der Waals surface area contributed by atoms with Gasteiger partial charge in [-0.2, -0.15) is 0 Å². The second-order valence-corrected chi connectivity index (χ2v) is 9.89. The van der Waals surface area contributed by atoms with Crippen molar-refractivity contribution in [3.8, 4) is 16.8 Å². The van der Waals surface area contributed by atoms with Crippen LogP contribution in [0.15, 0.2) is 52.0 Å². The number of ether oxygens (including phenoxy) is 1. The van der Waals surface area contributed by atoms with Crippen LogP contribution in [-0.4, -0.2) is 26.2 Å². The molecular formula is C28H30N2O5. The number of carboxylic acid groups (broad SMARTS) is 1. The van der Waals surface area contributed by atoms with E-state index in [2.05, 4.69) is 4.98 Å². The molecule has 0 aliphatic heterocycles. The van der Waals surface area contributed by atoms with Crippen molar-refractivity contribution < 1.29 is 19.1 Å². The molecule has 35 heavy (non-hydrogen) atoms. The van der Waals surface area contributed by atoms with Crippen molar-refractivity contribution in [2.24, 2.45) is 0 Å². The fourth-order valence-electron chi connectivity index (χ4n) is 4.37. The number of carboxylic acids is 1. The second-order valence-electron chi connectivity index (χ2n) is 9.89. The van der Waals surface area contributed by atoms with Gasteiger partial charge >= 0.3 is 5.97 Å². The number of oxazole rings is 1. The van der Waals surface area contributed by atoms with Crippen molar-refractivity contribution in [3.63, 3.8) is 0 Å². The minimum absolute atomic E-state index is 0.250. The van der Waals surface area contributed by atoms with Gasteiger partial charge in [-0.1, -0.05) is 12.1 Å². The molecule has 1 N–H and O–H groups in total. The lowest BCUT2D eigenvalue weighted by molar-refractivity contribution is -0.161. The first kappa shape index (κ1) is 24.4. The number of nitrogens with zero attached hydrogens (tertiary/aromatic N) is 2. The van der Waals surface area contributed by atoms with E-state index < -0.39 is 17.7 Å². The minimum atomic E-state index is -1.34. The summed E-state index contributed by atoms with van der Waals surface area (Å²) >= 11 is 0. The van der Waals surface area contributed by atoms with Crippen LogP contribution in [0.1, 0.15) is 55.0 Å². The summed E-state index contributed by atoms with van der Waals surface area (Å²) < 4.78 is 13.3. The summed E-state index contributed by atoms with van der Waals surface area (Å²) in [6.45, 7) is 12.9. The van der Waals surface area contributed by atoms with Crippen molar-refractivity contribution >= 4 is 17.1 Å². The van der Waals surface area contributed by atoms with Crippen molar-refractivity contribution in [2.45, 2.75) is 60.2 Å². The Morgan fingerprint density at radius 3 is 2.40 bits per heavy atom. The number of aryl methyl sites for hydroxylation is 2. The lowest BCUT2D eigenvalue weighted by Gasteiger charge is -2.30. The molecule has 0 aliphatic carbocycles. The zero-order chi connectivity index (χ0) is 25.7. The van der Waals surface area contributed by atoms with Crippen LogP contribution < -0.4 is 5.43 Å². The highest BCUT2D eigenvalue weighted by Gasteiger charge is 2.33. The van der Waals surface area contributed by atoms with Crippen LogP contribution in [0.5, 0.6) is 0 Å². The molecule has 4 aromatic rings. The molecule has 0 aliphatic rings. The predicted octanol–water partition coefficient (Wildman–Crippen LogP) is 5.82. The summed E-state index contributed by atoms with van der Waals surface area (Å²) in [6, 6.07) is 11.3. The number of aromatic nitrogens is 2. The molecule has 0 spiro atoms.